The Labute approximate surface area is 164 Å². The molecule has 0 unspecified atom stereocenters. The fraction of sp³-hybridized carbons (Fsp3) is 0.150. The summed E-state index contributed by atoms with van der Waals surface area (Å²) in [5, 5.41) is 7.91. The zero-order chi connectivity index (χ0) is 20.2. The molecule has 146 valence electrons. The number of hydrogen-bond acceptors (Lipinski definition) is 8. The summed E-state index contributed by atoms with van der Waals surface area (Å²) in [4.78, 5) is 28.2. The lowest BCUT2D eigenvalue weighted by Gasteiger charge is -2.00. The van der Waals surface area contributed by atoms with Gasteiger partial charge in [0.1, 0.15) is 6.54 Å². The fourth-order valence-corrected chi connectivity index (χ4v) is 2.66. The van der Waals surface area contributed by atoms with Crippen molar-refractivity contribution in [3.8, 4) is 22.8 Å². The molecule has 2 heterocycles. The van der Waals surface area contributed by atoms with Gasteiger partial charge in [-0.1, -0.05) is 47.6 Å². The zero-order valence-corrected chi connectivity index (χ0v) is 15.4. The number of aryl methyl sites for hydroxylation is 1. The summed E-state index contributed by atoms with van der Waals surface area (Å²) in [6.07, 6.45) is 0. The van der Waals surface area contributed by atoms with Crippen LogP contribution in [-0.2, 0) is 22.7 Å². The maximum Gasteiger partial charge on any atom is 0.437 e. The van der Waals surface area contributed by atoms with Gasteiger partial charge >= 0.3 is 11.7 Å². The quantitative estimate of drug-likeness (QED) is 0.460. The van der Waals surface area contributed by atoms with Crippen LogP contribution in [0, 0.1) is 6.92 Å². The summed E-state index contributed by atoms with van der Waals surface area (Å²) in [5.74, 6) is -0.747. The van der Waals surface area contributed by atoms with Crippen LogP contribution in [0.5, 0.6) is 0 Å². The molecule has 0 radical (unpaired) electrons. The third-order valence-electron chi connectivity index (χ3n) is 4.12. The van der Waals surface area contributed by atoms with Crippen molar-refractivity contribution in [3.63, 3.8) is 0 Å². The summed E-state index contributed by atoms with van der Waals surface area (Å²) in [5.41, 5.74) is 2.46. The van der Waals surface area contributed by atoms with Crippen LogP contribution in [0.2, 0.25) is 0 Å². The third-order valence-corrected chi connectivity index (χ3v) is 4.12. The number of carbonyl (C=O) groups excluding carboxylic acids is 1. The van der Waals surface area contributed by atoms with Gasteiger partial charge in [0.2, 0.25) is 11.7 Å². The van der Waals surface area contributed by atoms with E-state index in [9.17, 15) is 9.59 Å². The smallest absolute Gasteiger partial charge is 0.437 e. The molecule has 0 saturated carbocycles. The van der Waals surface area contributed by atoms with Crippen molar-refractivity contribution in [2.24, 2.45) is 0 Å². The summed E-state index contributed by atoms with van der Waals surface area (Å²) in [6, 6.07) is 16.5. The number of hydrogen-bond donors (Lipinski definition) is 0. The van der Waals surface area contributed by atoms with E-state index in [4.69, 9.17) is 13.7 Å². The lowest BCUT2D eigenvalue weighted by molar-refractivity contribution is -0.146. The zero-order valence-electron chi connectivity index (χ0n) is 15.4. The first-order chi connectivity index (χ1) is 14.1. The molecule has 0 aliphatic heterocycles. The Kier molecular flexibility index (Phi) is 5.02. The molecule has 0 fully saturated rings. The van der Waals surface area contributed by atoms with Gasteiger partial charge in [0.05, 0.1) is 0 Å². The average Bonchev–Trinajstić information content (AvgIpc) is 3.35. The lowest BCUT2D eigenvalue weighted by Crippen LogP contribution is -2.23. The van der Waals surface area contributed by atoms with E-state index >= 15 is 0 Å². The molecule has 9 heteroatoms. The highest BCUT2D eigenvalue weighted by molar-refractivity contribution is 5.69. The Bertz CT molecular complexity index is 1190. The molecule has 2 aromatic carbocycles. The first-order valence-corrected chi connectivity index (χ1v) is 8.78. The van der Waals surface area contributed by atoms with Gasteiger partial charge in [-0.05, 0) is 24.6 Å². The lowest BCUT2D eigenvalue weighted by atomic mass is 10.1. The van der Waals surface area contributed by atoms with E-state index in [0.717, 1.165) is 15.8 Å². The molecule has 4 aromatic rings. The van der Waals surface area contributed by atoms with E-state index in [1.165, 1.54) is 0 Å². The van der Waals surface area contributed by atoms with Gasteiger partial charge in [-0.25, -0.2) is 4.79 Å². The molecule has 9 nitrogen and oxygen atoms in total. The van der Waals surface area contributed by atoms with Crippen LogP contribution >= 0.6 is 0 Å². The van der Waals surface area contributed by atoms with E-state index < -0.39 is 18.3 Å². The van der Waals surface area contributed by atoms with E-state index in [-0.39, 0.29) is 18.4 Å². The van der Waals surface area contributed by atoms with Crippen molar-refractivity contribution >= 4 is 5.97 Å². The molecule has 0 N–H and O–H groups in total. The van der Waals surface area contributed by atoms with Crippen molar-refractivity contribution in [1.29, 1.82) is 0 Å². The molecule has 0 atom stereocenters. The van der Waals surface area contributed by atoms with Crippen molar-refractivity contribution in [3.05, 3.63) is 76.6 Å². The van der Waals surface area contributed by atoms with Gasteiger partial charge in [0.15, 0.2) is 6.61 Å². The second kappa shape index (κ2) is 7.93. The van der Waals surface area contributed by atoms with E-state index in [0.29, 0.717) is 11.4 Å². The Balaban J connectivity index is 1.38. The predicted octanol–water partition coefficient (Wildman–Crippen LogP) is 2.61. The largest absolute Gasteiger partial charge is 0.454 e. The van der Waals surface area contributed by atoms with Crippen LogP contribution in [0.3, 0.4) is 0 Å². The van der Waals surface area contributed by atoms with E-state index in [2.05, 4.69) is 15.2 Å². The van der Waals surface area contributed by atoms with Gasteiger partial charge in [-0.15, -0.1) is 5.10 Å². The number of rotatable bonds is 6. The van der Waals surface area contributed by atoms with Crippen LogP contribution in [0.25, 0.3) is 22.8 Å². The van der Waals surface area contributed by atoms with Crippen molar-refractivity contribution in [2.75, 3.05) is 0 Å². The molecule has 2 aromatic heterocycles. The Morgan fingerprint density at radius 3 is 2.66 bits per heavy atom. The number of ether oxygens (including phenoxy) is 1. The normalized spacial score (nSPS) is 10.8. The topological polar surface area (TPSA) is 113 Å². The molecule has 0 spiro atoms. The summed E-state index contributed by atoms with van der Waals surface area (Å²) in [6.45, 7) is 1.33. The second-order valence-corrected chi connectivity index (χ2v) is 6.18. The molecule has 0 aliphatic carbocycles. The Morgan fingerprint density at radius 2 is 1.86 bits per heavy atom. The van der Waals surface area contributed by atoms with E-state index in [1.807, 2.05) is 37.3 Å². The van der Waals surface area contributed by atoms with Crippen LogP contribution in [0.4, 0.5) is 0 Å². The van der Waals surface area contributed by atoms with Gasteiger partial charge in [-0.3, -0.25) is 4.79 Å². The predicted molar refractivity (Wildman–Crippen MR) is 100 cm³/mol. The summed E-state index contributed by atoms with van der Waals surface area (Å²) < 4.78 is 16.2. The van der Waals surface area contributed by atoms with Crippen LogP contribution in [0.15, 0.2) is 68.3 Å². The molecule has 0 bridgehead atoms. The van der Waals surface area contributed by atoms with Crippen LogP contribution in [-0.4, -0.2) is 25.9 Å². The van der Waals surface area contributed by atoms with Crippen LogP contribution < -0.4 is 5.76 Å². The Hall–Kier alpha value is -4.01. The molecule has 4 rings (SSSR count). The van der Waals surface area contributed by atoms with Gasteiger partial charge in [0.25, 0.3) is 5.89 Å². The second-order valence-electron chi connectivity index (χ2n) is 6.18. The maximum absolute atomic E-state index is 12.1. The SMILES string of the molecule is Cc1ccccc1-c1noc(COC(=O)Cn2nc(-c3ccccc3)oc2=O)n1. The number of nitrogens with zero attached hydrogens (tertiary/aromatic N) is 4. The maximum atomic E-state index is 12.1. The molecule has 29 heavy (non-hydrogen) atoms. The minimum absolute atomic E-state index is 0.128. The highest BCUT2D eigenvalue weighted by atomic mass is 16.6. The fourth-order valence-electron chi connectivity index (χ4n) is 2.66. The molecule has 0 saturated heterocycles. The van der Waals surface area contributed by atoms with Crippen molar-refractivity contribution < 1.29 is 18.5 Å². The molecular weight excluding hydrogens is 376 g/mol. The van der Waals surface area contributed by atoms with Crippen LogP contribution in [0.1, 0.15) is 11.5 Å². The molecular formula is C20H16N4O5. The minimum Gasteiger partial charge on any atom is -0.454 e. The third kappa shape index (κ3) is 4.13. The van der Waals surface area contributed by atoms with Gasteiger partial charge in [0, 0.05) is 11.1 Å². The number of esters is 1. The standard InChI is InChI=1S/C20H16N4O5/c1-13-7-5-6-10-15(13)18-21-16(29-23-18)12-27-17(25)11-24-20(26)28-19(22-24)14-8-3-2-4-9-14/h2-10H,11-12H2,1H3. The van der Waals surface area contributed by atoms with Crippen molar-refractivity contribution in [1.82, 2.24) is 19.9 Å². The highest BCUT2D eigenvalue weighted by Gasteiger charge is 2.16. The van der Waals surface area contributed by atoms with Gasteiger partial charge < -0.3 is 13.7 Å². The summed E-state index contributed by atoms with van der Waals surface area (Å²) >= 11 is 0. The summed E-state index contributed by atoms with van der Waals surface area (Å²) in [7, 11) is 0. The first kappa shape index (κ1) is 18.4. The minimum atomic E-state index is -0.750. The van der Waals surface area contributed by atoms with Gasteiger partial charge in [-0.2, -0.15) is 9.67 Å². The van der Waals surface area contributed by atoms with E-state index in [1.54, 1.807) is 24.3 Å². The average molecular weight is 392 g/mol. The van der Waals surface area contributed by atoms with Crippen molar-refractivity contribution in [2.45, 2.75) is 20.1 Å². The highest BCUT2D eigenvalue weighted by Crippen LogP contribution is 2.20. The monoisotopic (exact) mass is 392 g/mol. The first-order valence-electron chi connectivity index (χ1n) is 8.78. The Morgan fingerprint density at radius 1 is 1.10 bits per heavy atom. The number of aromatic nitrogens is 4. The molecule has 0 aliphatic rings. The molecule has 0 amide bonds. The number of carbonyl (C=O) groups is 1. The number of benzene rings is 2.